The molecule has 0 aliphatic carbocycles. The van der Waals surface area contributed by atoms with Crippen molar-refractivity contribution >= 4 is 18.3 Å². The molecule has 0 spiro atoms. The monoisotopic (exact) mass is 156 g/mol. The van der Waals surface area contributed by atoms with Crippen molar-refractivity contribution in [2.75, 3.05) is 0 Å². The first kappa shape index (κ1) is 9.13. The van der Waals surface area contributed by atoms with E-state index >= 15 is 0 Å². The number of hydrogen-bond donors (Lipinski definition) is 1. The van der Waals surface area contributed by atoms with Crippen LogP contribution in [0, 0.1) is 0 Å². The molecule has 0 heterocycles. The van der Waals surface area contributed by atoms with E-state index in [1.54, 1.807) is 0 Å². The molecule has 0 aromatic rings. The van der Waals surface area contributed by atoms with Gasteiger partial charge in [0.2, 0.25) is 8.56 Å². The van der Waals surface area contributed by atoms with Gasteiger partial charge >= 0.3 is 0 Å². The molecule has 0 aromatic carbocycles. The van der Waals surface area contributed by atoms with E-state index in [0.717, 1.165) is 6.42 Å². The summed E-state index contributed by atoms with van der Waals surface area (Å²) in [5.41, 5.74) is 1.84. The Kier molecular flexibility index (Phi) is 6.35. The summed E-state index contributed by atoms with van der Waals surface area (Å²) in [6.45, 7) is 2.16. The van der Waals surface area contributed by atoms with Gasteiger partial charge in [-0.2, -0.15) is 0 Å². The van der Waals surface area contributed by atoms with E-state index in [-0.39, 0.29) is 0 Å². The Morgan fingerprint density at radius 3 is 2.78 bits per heavy atom. The lowest BCUT2D eigenvalue weighted by atomic mass is 10.2. The minimum absolute atomic E-state index is 1.09. The third kappa shape index (κ3) is 8.13. The normalized spacial score (nSPS) is 11.6. The van der Waals surface area contributed by atoms with Crippen LogP contribution >= 0.6 is 0 Å². The van der Waals surface area contributed by atoms with Crippen LogP contribution in [0.3, 0.4) is 0 Å². The molecule has 0 saturated heterocycles. The maximum Gasteiger partial charge on any atom is 0.208 e. The molecule has 0 bridgehead atoms. The lowest BCUT2D eigenvalue weighted by Crippen LogP contribution is -2.06. The van der Waals surface area contributed by atoms with Gasteiger partial charge in [-0.3, -0.25) is 0 Å². The van der Waals surface area contributed by atoms with Crippen LogP contribution in [0.1, 0.15) is 26.2 Å². The van der Waals surface area contributed by atoms with Crippen LogP contribution in [0.25, 0.3) is 0 Å². The molecule has 1 N–H and O–H groups in total. The average molecular weight is 156 g/mol. The van der Waals surface area contributed by atoms with Crippen molar-refractivity contribution in [3.8, 4) is 0 Å². The highest BCUT2D eigenvalue weighted by molar-refractivity contribution is 7.01. The fourth-order valence-corrected chi connectivity index (χ4v) is 1.26. The maximum absolute atomic E-state index is 8.78. The molecule has 9 heavy (non-hydrogen) atoms. The molecule has 0 amide bonds. The summed E-state index contributed by atoms with van der Waals surface area (Å²) in [6, 6.07) is 0. The molecule has 0 unspecified atom stereocenters. The standard InChI is InChI=1S/C6H12OSi2/c1-2-3-4-5-6-9(7)8/h5-7H,2-4H2,1H3. The second kappa shape index (κ2) is 6.26. The second-order valence-electron chi connectivity index (χ2n) is 1.93. The molecule has 0 saturated carbocycles. The predicted molar refractivity (Wildman–Crippen MR) is 42.4 cm³/mol. The van der Waals surface area contributed by atoms with Gasteiger partial charge in [-0.05, 0) is 6.42 Å². The Balaban J connectivity index is 3.04. The summed E-state index contributed by atoms with van der Waals surface area (Å²) in [6.07, 6.45) is 5.57. The van der Waals surface area contributed by atoms with Crippen molar-refractivity contribution < 1.29 is 4.80 Å². The summed E-state index contributed by atoms with van der Waals surface area (Å²) in [4.78, 5) is 8.78. The van der Waals surface area contributed by atoms with Gasteiger partial charge in [0.05, 0.1) is 9.76 Å². The van der Waals surface area contributed by atoms with Crippen molar-refractivity contribution in [1.29, 1.82) is 0 Å². The van der Waals surface area contributed by atoms with Gasteiger partial charge in [0.25, 0.3) is 0 Å². The van der Waals surface area contributed by atoms with Crippen molar-refractivity contribution in [2.24, 2.45) is 0 Å². The van der Waals surface area contributed by atoms with Crippen molar-refractivity contribution in [3.63, 3.8) is 0 Å². The van der Waals surface area contributed by atoms with E-state index in [1.807, 2.05) is 11.8 Å². The Labute approximate surface area is 61.7 Å². The van der Waals surface area contributed by atoms with Gasteiger partial charge < -0.3 is 4.80 Å². The Bertz CT molecular complexity index is 81.1. The first-order chi connectivity index (χ1) is 4.27. The molecule has 0 atom stereocenters. The molecule has 0 rings (SSSR count). The van der Waals surface area contributed by atoms with Gasteiger partial charge in [0, 0.05) is 0 Å². The highest BCUT2D eigenvalue weighted by atomic mass is 29.2. The van der Waals surface area contributed by atoms with Crippen LogP contribution < -0.4 is 0 Å². The largest absolute Gasteiger partial charge is 0.431 e. The van der Waals surface area contributed by atoms with Gasteiger partial charge in [0.15, 0.2) is 0 Å². The van der Waals surface area contributed by atoms with Gasteiger partial charge in [-0.15, -0.1) is 0 Å². The fraction of sp³-hybridized carbons (Fsp3) is 0.667. The van der Waals surface area contributed by atoms with Crippen LogP contribution in [0.15, 0.2) is 11.8 Å². The molecule has 0 aromatic heterocycles. The van der Waals surface area contributed by atoms with E-state index in [9.17, 15) is 0 Å². The third-order valence-corrected chi connectivity index (χ3v) is 2.05. The Morgan fingerprint density at radius 2 is 2.33 bits per heavy atom. The Hall–Kier alpha value is 0.134. The highest BCUT2D eigenvalue weighted by Gasteiger charge is 1.88. The smallest absolute Gasteiger partial charge is 0.208 e. The van der Waals surface area contributed by atoms with Crippen LogP contribution in [-0.4, -0.2) is 23.1 Å². The van der Waals surface area contributed by atoms with Crippen LogP contribution in [0.5, 0.6) is 0 Å². The van der Waals surface area contributed by atoms with Crippen LogP contribution in [0.4, 0.5) is 0 Å². The summed E-state index contributed by atoms with van der Waals surface area (Å²) < 4.78 is 0. The number of rotatable bonds is 4. The summed E-state index contributed by atoms with van der Waals surface area (Å²) in [5, 5.41) is 0. The minimum Gasteiger partial charge on any atom is -0.431 e. The highest BCUT2D eigenvalue weighted by Crippen LogP contribution is 1.94. The zero-order chi connectivity index (χ0) is 7.11. The van der Waals surface area contributed by atoms with Crippen LogP contribution in [0.2, 0.25) is 0 Å². The van der Waals surface area contributed by atoms with E-state index in [2.05, 4.69) is 16.7 Å². The quantitative estimate of drug-likeness (QED) is 0.474. The van der Waals surface area contributed by atoms with Gasteiger partial charge in [-0.1, -0.05) is 31.5 Å². The lowest BCUT2D eigenvalue weighted by molar-refractivity contribution is 0.606. The molecule has 1 nitrogen and oxygen atoms in total. The lowest BCUT2D eigenvalue weighted by Gasteiger charge is -1.89. The fourth-order valence-electron chi connectivity index (χ4n) is 0.517. The third-order valence-electron chi connectivity index (χ3n) is 1.00. The predicted octanol–water partition coefficient (Wildman–Crippen LogP) is 0.921. The minimum atomic E-state index is -1.29. The molecular weight excluding hydrogens is 144 g/mol. The van der Waals surface area contributed by atoms with E-state index in [0.29, 0.717) is 0 Å². The molecule has 0 fully saturated rings. The molecular formula is C6H12OSi2. The van der Waals surface area contributed by atoms with Gasteiger partial charge in [0.1, 0.15) is 0 Å². The maximum atomic E-state index is 8.78. The summed E-state index contributed by atoms with van der Waals surface area (Å²) >= 11 is 0. The number of unbranched alkanes of at least 4 members (excludes halogenated alkanes) is 2. The summed E-state index contributed by atoms with van der Waals surface area (Å²) in [7, 11) is 1.85. The molecule has 4 radical (unpaired) electrons. The topological polar surface area (TPSA) is 20.2 Å². The van der Waals surface area contributed by atoms with E-state index in [1.165, 1.54) is 12.8 Å². The molecule has 50 valence electrons. The van der Waals surface area contributed by atoms with E-state index < -0.39 is 8.56 Å². The Morgan fingerprint density at radius 1 is 1.67 bits per heavy atom. The number of hydrogen-bond acceptors (Lipinski definition) is 1. The first-order valence-corrected chi connectivity index (χ1v) is 6.24. The molecule has 0 aliphatic rings. The van der Waals surface area contributed by atoms with E-state index in [4.69, 9.17) is 4.80 Å². The second-order valence-corrected chi connectivity index (χ2v) is 4.57. The summed E-state index contributed by atoms with van der Waals surface area (Å²) in [5.74, 6) is 0. The van der Waals surface area contributed by atoms with Crippen molar-refractivity contribution in [1.82, 2.24) is 0 Å². The first-order valence-electron chi connectivity index (χ1n) is 3.21. The SMILES string of the molecule is CCCCC=C[Si](O)[Si]. The van der Waals surface area contributed by atoms with Crippen molar-refractivity contribution in [3.05, 3.63) is 11.8 Å². The van der Waals surface area contributed by atoms with Crippen molar-refractivity contribution in [2.45, 2.75) is 26.2 Å². The molecule has 3 heteroatoms. The average Bonchev–Trinajstić information content (AvgIpc) is 1.80. The number of allylic oxidation sites excluding steroid dienone is 1. The zero-order valence-corrected chi connectivity index (χ0v) is 7.72. The molecule has 0 aliphatic heterocycles. The zero-order valence-electron chi connectivity index (χ0n) is 5.72. The van der Waals surface area contributed by atoms with Gasteiger partial charge in [-0.25, -0.2) is 0 Å². The van der Waals surface area contributed by atoms with Crippen LogP contribution in [-0.2, 0) is 0 Å².